The Morgan fingerprint density at radius 1 is 1.39 bits per heavy atom. The van der Waals surface area contributed by atoms with E-state index in [0.29, 0.717) is 28.5 Å². The lowest BCUT2D eigenvalue weighted by Crippen LogP contribution is -2.23. The maximum Gasteiger partial charge on any atom is 0.251 e. The van der Waals surface area contributed by atoms with Crippen molar-refractivity contribution in [3.05, 3.63) is 53.1 Å². The first-order valence-electron chi connectivity index (χ1n) is 5.25. The van der Waals surface area contributed by atoms with Gasteiger partial charge in [0.1, 0.15) is 0 Å². The van der Waals surface area contributed by atoms with Gasteiger partial charge in [-0.25, -0.2) is 0 Å². The smallest absolute Gasteiger partial charge is 0.251 e. The number of anilines is 1. The first kappa shape index (κ1) is 12.3. The summed E-state index contributed by atoms with van der Waals surface area (Å²) >= 11 is 5.78. The molecule has 0 aliphatic carbocycles. The maximum atomic E-state index is 11.8. The lowest BCUT2D eigenvalue weighted by atomic mass is 10.2. The molecule has 0 fully saturated rings. The minimum Gasteiger partial charge on any atom is -0.398 e. The Hall–Kier alpha value is -2.14. The van der Waals surface area contributed by atoms with Crippen molar-refractivity contribution >= 4 is 23.2 Å². The van der Waals surface area contributed by atoms with Crippen LogP contribution < -0.4 is 11.1 Å². The van der Waals surface area contributed by atoms with Crippen molar-refractivity contribution in [3.63, 3.8) is 0 Å². The molecule has 0 bridgehead atoms. The van der Waals surface area contributed by atoms with Crippen LogP contribution in [-0.4, -0.2) is 15.9 Å². The van der Waals surface area contributed by atoms with Crippen molar-refractivity contribution in [2.75, 3.05) is 5.73 Å². The van der Waals surface area contributed by atoms with E-state index in [1.807, 2.05) is 0 Å². The molecule has 0 unspecified atom stereocenters. The Morgan fingerprint density at radius 3 is 2.89 bits per heavy atom. The number of aromatic nitrogens is 2. The van der Waals surface area contributed by atoms with Crippen LogP contribution >= 0.6 is 11.6 Å². The van der Waals surface area contributed by atoms with Crippen LogP contribution in [0.5, 0.6) is 0 Å². The Morgan fingerprint density at radius 2 is 2.22 bits per heavy atom. The summed E-state index contributed by atoms with van der Waals surface area (Å²) in [6, 6.07) is 4.74. The van der Waals surface area contributed by atoms with Gasteiger partial charge >= 0.3 is 0 Å². The molecule has 0 saturated heterocycles. The average Bonchev–Trinajstić information content (AvgIpc) is 2.40. The third kappa shape index (κ3) is 2.95. The number of carbonyl (C=O) groups excluding carboxylic acids is 1. The second kappa shape index (κ2) is 5.46. The van der Waals surface area contributed by atoms with E-state index in [1.165, 1.54) is 6.07 Å². The molecule has 1 aromatic heterocycles. The Bertz CT molecular complexity index is 559. The molecule has 1 aromatic carbocycles. The monoisotopic (exact) mass is 262 g/mol. The second-order valence-electron chi connectivity index (χ2n) is 3.62. The van der Waals surface area contributed by atoms with Crippen LogP contribution in [0, 0.1) is 0 Å². The predicted octanol–water partition coefficient (Wildman–Crippen LogP) is 1.64. The zero-order valence-electron chi connectivity index (χ0n) is 9.43. The Balaban J connectivity index is 2.02. The van der Waals surface area contributed by atoms with Crippen molar-refractivity contribution in [1.82, 2.24) is 15.3 Å². The lowest BCUT2D eigenvalue weighted by molar-refractivity contribution is 0.0950. The summed E-state index contributed by atoms with van der Waals surface area (Å²) in [7, 11) is 0. The number of carbonyl (C=O) groups is 1. The van der Waals surface area contributed by atoms with Gasteiger partial charge in [-0.3, -0.25) is 14.8 Å². The third-order valence-corrected chi connectivity index (χ3v) is 2.65. The van der Waals surface area contributed by atoms with Crippen molar-refractivity contribution in [2.45, 2.75) is 6.54 Å². The van der Waals surface area contributed by atoms with E-state index in [9.17, 15) is 4.79 Å². The second-order valence-corrected chi connectivity index (χ2v) is 4.02. The standard InChI is InChI=1S/C12H11ClN4O/c13-10-2-1-8(5-11(10)14)12(18)17-7-9-6-15-3-4-16-9/h1-6H,7,14H2,(H,17,18). The average molecular weight is 263 g/mol. The molecule has 5 nitrogen and oxygen atoms in total. The molecule has 92 valence electrons. The first-order valence-corrected chi connectivity index (χ1v) is 5.63. The zero-order chi connectivity index (χ0) is 13.0. The molecular weight excluding hydrogens is 252 g/mol. The van der Waals surface area contributed by atoms with E-state index < -0.39 is 0 Å². The van der Waals surface area contributed by atoms with Crippen LogP contribution in [0.1, 0.15) is 16.1 Å². The predicted molar refractivity (Wildman–Crippen MR) is 69.1 cm³/mol. The summed E-state index contributed by atoms with van der Waals surface area (Å²) in [6.07, 6.45) is 4.74. The van der Waals surface area contributed by atoms with Gasteiger partial charge in [-0.2, -0.15) is 0 Å². The minimum absolute atomic E-state index is 0.232. The van der Waals surface area contributed by atoms with Crippen LogP contribution in [0.25, 0.3) is 0 Å². The highest BCUT2D eigenvalue weighted by atomic mass is 35.5. The molecular formula is C12H11ClN4O. The van der Waals surface area contributed by atoms with Crippen LogP contribution in [0.3, 0.4) is 0 Å². The van der Waals surface area contributed by atoms with Crippen molar-refractivity contribution < 1.29 is 4.79 Å². The number of halogens is 1. The molecule has 0 spiro atoms. The molecule has 2 rings (SSSR count). The van der Waals surface area contributed by atoms with Gasteiger partial charge in [-0.1, -0.05) is 11.6 Å². The van der Waals surface area contributed by atoms with Gasteiger partial charge in [-0.05, 0) is 18.2 Å². The van der Waals surface area contributed by atoms with E-state index in [2.05, 4.69) is 15.3 Å². The molecule has 3 N–H and O–H groups in total. The molecule has 0 radical (unpaired) electrons. The largest absolute Gasteiger partial charge is 0.398 e. The van der Waals surface area contributed by atoms with E-state index in [0.717, 1.165) is 0 Å². The lowest BCUT2D eigenvalue weighted by Gasteiger charge is -2.05. The maximum absolute atomic E-state index is 11.8. The van der Waals surface area contributed by atoms with E-state index >= 15 is 0 Å². The van der Waals surface area contributed by atoms with Crippen molar-refractivity contribution in [1.29, 1.82) is 0 Å². The quantitative estimate of drug-likeness (QED) is 0.824. The van der Waals surface area contributed by atoms with E-state index in [1.54, 1.807) is 30.7 Å². The van der Waals surface area contributed by atoms with Crippen LogP contribution in [0.15, 0.2) is 36.8 Å². The fourth-order valence-corrected chi connectivity index (χ4v) is 1.50. The van der Waals surface area contributed by atoms with Gasteiger partial charge in [-0.15, -0.1) is 0 Å². The topological polar surface area (TPSA) is 80.9 Å². The number of nitrogens with two attached hydrogens (primary N) is 1. The molecule has 0 saturated carbocycles. The minimum atomic E-state index is -0.232. The molecule has 0 atom stereocenters. The zero-order valence-corrected chi connectivity index (χ0v) is 10.2. The fourth-order valence-electron chi connectivity index (χ4n) is 1.38. The summed E-state index contributed by atoms with van der Waals surface area (Å²) in [5.74, 6) is -0.232. The number of amides is 1. The Labute approximate surface area is 109 Å². The van der Waals surface area contributed by atoms with E-state index in [4.69, 9.17) is 17.3 Å². The van der Waals surface area contributed by atoms with Gasteiger partial charge in [0, 0.05) is 18.0 Å². The van der Waals surface area contributed by atoms with Gasteiger partial charge in [0.2, 0.25) is 0 Å². The fraction of sp³-hybridized carbons (Fsp3) is 0.0833. The molecule has 0 aliphatic rings. The number of hydrogen-bond donors (Lipinski definition) is 2. The third-order valence-electron chi connectivity index (χ3n) is 2.30. The highest BCUT2D eigenvalue weighted by Crippen LogP contribution is 2.19. The number of benzene rings is 1. The van der Waals surface area contributed by atoms with Crippen molar-refractivity contribution in [3.8, 4) is 0 Å². The van der Waals surface area contributed by atoms with Crippen LogP contribution in [0.4, 0.5) is 5.69 Å². The Kier molecular flexibility index (Phi) is 3.74. The number of hydrogen-bond acceptors (Lipinski definition) is 4. The molecule has 1 heterocycles. The van der Waals surface area contributed by atoms with Gasteiger partial charge in [0.15, 0.2) is 0 Å². The van der Waals surface area contributed by atoms with Crippen molar-refractivity contribution in [2.24, 2.45) is 0 Å². The summed E-state index contributed by atoms with van der Waals surface area (Å²) in [5.41, 5.74) is 7.16. The summed E-state index contributed by atoms with van der Waals surface area (Å²) in [4.78, 5) is 19.8. The highest BCUT2D eigenvalue weighted by Gasteiger charge is 2.07. The van der Waals surface area contributed by atoms with Gasteiger partial charge in [0.25, 0.3) is 5.91 Å². The summed E-state index contributed by atoms with van der Waals surface area (Å²) in [6.45, 7) is 0.315. The van der Waals surface area contributed by atoms with Gasteiger partial charge in [0.05, 0.1) is 29.1 Å². The first-order chi connectivity index (χ1) is 8.66. The van der Waals surface area contributed by atoms with Gasteiger partial charge < -0.3 is 11.1 Å². The summed E-state index contributed by atoms with van der Waals surface area (Å²) < 4.78 is 0. The molecule has 2 aromatic rings. The molecule has 1 amide bonds. The van der Waals surface area contributed by atoms with E-state index in [-0.39, 0.29) is 5.91 Å². The highest BCUT2D eigenvalue weighted by molar-refractivity contribution is 6.33. The number of rotatable bonds is 3. The number of nitrogens with one attached hydrogen (secondary N) is 1. The summed E-state index contributed by atoms with van der Waals surface area (Å²) in [5, 5.41) is 3.15. The van der Waals surface area contributed by atoms with Crippen LogP contribution in [-0.2, 0) is 6.54 Å². The molecule has 18 heavy (non-hydrogen) atoms. The normalized spacial score (nSPS) is 10.1. The molecule has 0 aliphatic heterocycles. The SMILES string of the molecule is Nc1cc(C(=O)NCc2cnccn2)ccc1Cl. The van der Waals surface area contributed by atoms with Crippen LogP contribution in [0.2, 0.25) is 5.02 Å². The molecule has 6 heteroatoms. The number of nitrogens with zero attached hydrogens (tertiary/aromatic N) is 2. The number of nitrogen functional groups attached to an aromatic ring is 1.